The van der Waals surface area contributed by atoms with E-state index in [-0.39, 0.29) is 70.5 Å². The monoisotopic (exact) mass is 1270 g/mol. The molecule has 22 heteroatoms. The number of aromatic nitrogens is 4. The van der Waals surface area contributed by atoms with E-state index in [4.69, 9.17) is 28.6 Å². The van der Waals surface area contributed by atoms with Crippen molar-refractivity contribution in [1.82, 2.24) is 20.4 Å². The summed E-state index contributed by atoms with van der Waals surface area (Å²) in [5.41, 5.74) is 4.45. The number of carbonyl (C=O) groups is 3. The van der Waals surface area contributed by atoms with Gasteiger partial charge in [-0.15, -0.1) is 34.9 Å². The second-order valence-corrected chi connectivity index (χ2v) is 24.0. The fraction of sp³-hybridized carbons (Fsp3) is 0.159. The molecule has 0 radical (unpaired) electrons. The first-order valence-corrected chi connectivity index (χ1v) is 31.8. The molecule has 3 N–H and O–H groups in total. The summed E-state index contributed by atoms with van der Waals surface area (Å²) in [5, 5.41) is 52.7. The van der Waals surface area contributed by atoms with Crippen molar-refractivity contribution in [2.45, 2.75) is 47.7 Å². The van der Waals surface area contributed by atoms with Gasteiger partial charge in [0.05, 0.1) is 24.8 Å². The van der Waals surface area contributed by atoms with Gasteiger partial charge in [-0.05, 0) is 51.1 Å². The number of carbonyl (C=O) groups excluding carboxylic acids is 3. The minimum Gasteiger partial charge on any atom is -0.618 e. The lowest BCUT2D eigenvalue weighted by Gasteiger charge is -2.50. The molecule has 0 spiro atoms. The van der Waals surface area contributed by atoms with E-state index in [1.807, 2.05) is 205 Å². The van der Waals surface area contributed by atoms with E-state index in [2.05, 4.69) is 20.9 Å². The summed E-state index contributed by atoms with van der Waals surface area (Å²) in [6.07, 6.45) is 4.29. The number of methoxy groups -OCH3 is 1. The van der Waals surface area contributed by atoms with Crippen molar-refractivity contribution in [3.8, 4) is 28.6 Å². The summed E-state index contributed by atoms with van der Waals surface area (Å²) in [4.78, 5) is 54.8. The number of fused-ring (bicyclic) bond motifs is 1. The zero-order chi connectivity index (χ0) is 62.7. The zero-order valence-electron chi connectivity index (χ0n) is 48.8. The Morgan fingerprint density at radius 1 is 0.824 bits per heavy atom. The van der Waals surface area contributed by atoms with Crippen LogP contribution < -0.4 is 39.2 Å². The smallest absolute Gasteiger partial charge is 0.276 e. The number of nitrogens with zero attached hydrogens (tertiary/aromatic N) is 6. The molecule has 19 nitrogen and oxygen atoms in total. The number of thioether (sulfide) groups is 2. The Hall–Kier alpha value is -10.3. The van der Waals surface area contributed by atoms with Gasteiger partial charge in [-0.1, -0.05) is 174 Å². The van der Waals surface area contributed by atoms with Crippen molar-refractivity contribution in [2.24, 2.45) is 5.16 Å². The fourth-order valence-corrected chi connectivity index (χ4v) is 13.8. The molecule has 12 rings (SSSR count). The Morgan fingerprint density at radius 3 is 2.03 bits per heavy atom. The summed E-state index contributed by atoms with van der Waals surface area (Å²) in [7, 11) is 1.59. The zero-order valence-corrected chi connectivity index (χ0v) is 51.2. The van der Waals surface area contributed by atoms with Gasteiger partial charge in [-0.3, -0.25) is 14.5 Å². The number of aliphatic carboxylic acids is 1. The van der Waals surface area contributed by atoms with Crippen LogP contribution in [0.25, 0.3) is 11.4 Å². The summed E-state index contributed by atoms with van der Waals surface area (Å²) >= 11 is 3.93. The third-order valence-electron chi connectivity index (χ3n) is 15.2. The molecular weight excluding hydrogens is 1210 g/mol. The van der Waals surface area contributed by atoms with Crippen LogP contribution in [0.5, 0.6) is 17.2 Å². The third-order valence-corrected chi connectivity index (χ3v) is 18.4. The Bertz CT molecular complexity index is 4090. The Balaban J connectivity index is 0.841. The normalized spacial score (nSPS) is 14.7. The molecule has 10 aromatic rings. The Morgan fingerprint density at radius 2 is 1.44 bits per heavy atom. The van der Waals surface area contributed by atoms with Crippen molar-refractivity contribution in [1.29, 1.82) is 0 Å². The van der Waals surface area contributed by atoms with Crippen LogP contribution in [0.15, 0.2) is 250 Å². The van der Waals surface area contributed by atoms with Crippen LogP contribution in [0.2, 0.25) is 0 Å². The number of amides is 2. The second kappa shape index (κ2) is 28.1. The molecule has 0 saturated carbocycles. The number of benzene rings is 6. The van der Waals surface area contributed by atoms with Crippen LogP contribution in [0.4, 0.5) is 5.13 Å². The number of nitrogens with one attached hydrogen (secondary N) is 2. The lowest BCUT2D eigenvalue weighted by molar-refractivity contribution is -0.698. The average Bonchev–Trinajstić information content (AvgIpc) is 1.04. The lowest BCUT2D eigenvalue weighted by Crippen LogP contribution is -2.71. The number of carboxylic acids is 1. The van der Waals surface area contributed by atoms with Crippen LogP contribution in [0.1, 0.15) is 50.9 Å². The largest absolute Gasteiger partial charge is 0.618 e. The maximum atomic E-state index is 14.9. The molecule has 6 aromatic carbocycles. The molecule has 4 aromatic heterocycles. The third kappa shape index (κ3) is 13.5. The fourth-order valence-electron chi connectivity index (χ4n) is 10.7. The van der Waals surface area contributed by atoms with E-state index in [1.165, 1.54) is 53.2 Å². The first-order chi connectivity index (χ1) is 44.6. The number of aliphatic hydroxyl groups is 1. The van der Waals surface area contributed by atoms with Crippen LogP contribution in [0.3, 0.4) is 0 Å². The molecular formula is C69H58N8O11S3. The number of rotatable bonds is 26. The highest BCUT2D eigenvalue weighted by molar-refractivity contribution is 8.01. The number of anilines is 1. The van der Waals surface area contributed by atoms with Gasteiger partial charge in [0.25, 0.3) is 11.8 Å². The van der Waals surface area contributed by atoms with Crippen LogP contribution in [-0.4, -0.2) is 80.3 Å². The van der Waals surface area contributed by atoms with E-state index in [1.54, 1.807) is 12.5 Å². The van der Waals surface area contributed by atoms with Gasteiger partial charge in [0, 0.05) is 40.0 Å². The van der Waals surface area contributed by atoms with E-state index in [0.717, 1.165) is 43.2 Å². The van der Waals surface area contributed by atoms with E-state index in [9.17, 15) is 29.8 Å². The lowest BCUT2D eigenvalue weighted by atomic mass is 9.77. The summed E-state index contributed by atoms with van der Waals surface area (Å²) in [5.74, 6) is -1.29. The topological polar surface area (TPSA) is 241 Å². The number of aliphatic hydroxyl groups excluding tert-OH is 1. The maximum absolute atomic E-state index is 14.9. The van der Waals surface area contributed by atoms with Crippen molar-refractivity contribution in [3.05, 3.63) is 285 Å². The van der Waals surface area contributed by atoms with Crippen LogP contribution in [-0.2, 0) is 44.5 Å². The Kier molecular flexibility index (Phi) is 18.8. The van der Waals surface area contributed by atoms with Gasteiger partial charge >= 0.3 is 0 Å². The number of hydrogen-bond donors (Lipinski definition) is 3. The molecule has 2 atom stereocenters. The highest BCUT2D eigenvalue weighted by atomic mass is 32.2. The molecule has 2 aliphatic heterocycles. The number of hydrogen-bond acceptors (Lipinski definition) is 18. The van der Waals surface area contributed by atoms with Crippen LogP contribution in [0, 0.1) is 5.21 Å². The number of oxime groups is 1. The van der Waals surface area contributed by atoms with Gasteiger partial charge in [0.1, 0.15) is 47.7 Å². The summed E-state index contributed by atoms with van der Waals surface area (Å²) in [6, 6.07) is 62.0. The first-order valence-electron chi connectivity index (χ1n) is 28.8. The highest BCUT2D eigenvalue weighted by Gasteiger charge is 2.53. The quantitative estimate of drug-likeness (QED) is 0.00871. The van der Waals surface area contributed by atoms with Gasteiger partial charge < -0.3 is 54.4 Å². The molecule has 1 saturated heterocycles. The molecule has 91 heavy (non-hydrogen) atoms. The number of carboxylic acid groups (broad SMARTS) is 1. The molecule has 0 bridgehead atoms. The van der Waals surface area contributed by atoms with Crippen molar-refractivity contribution in [3.63, 3.8) is 0 Å². The average molecular weight is 1270 g/mol. The molecule has 0 unspecified atom stereocenters. The number of ether oxygens (including phenoxy) is 3. The molecule has 458 valence electrons. The highest BCUT2D eigenvalue weighted by Crippen LogP contribution is 2.44. The van der Waals surface area contributed by atoms with Crippen molar-refractivity contribution < 1.29 is 57.5 Å². The summed E-state index contributed by atoms with van der Waals surface area (Å²) in [6.45, 7) is 0.118. The first kappa shape index (κ1) is 61.0. The maximum Gasteiger partial charge on any atom is 0.276 e. The van der Waals surface area contributed by atoms with Gasteiger partial charge in [-0.25, -0.2) is 9.55 Å². The molecule has 6 heterocycles. The SMILES string of the molecule is COc1ccc(COc2c[n+]([O-])c(-c3cc(CO/N=C(\C(=O)N[C@@H]4C(=O)N5C(C(=O)[O-])=C(CSc6cc[n+](CCO)cc6)CS[C@H]45)c4csc(NC(c5ccccc5)(c5ccccc5)c5ccccc5)n4)on3)cc2OC(c2ccccc2)c2ccccc2)cc1. The van der Waals surface area contributed by atoms with E-state index >= 15 is 0 Å². The van der Waals surface area contributed by atoms with Gasteiger partial charge in [-0.2, -0.15) is 4.73 Å². The van der Waals surface area contributed by atoms with Crippen molar-refractivity contribution in [2.75, 3.05) is 30.5 Å². The van der Waals surface area contributed by atoms with Crippen molar-refractivity contribution >= 4 is 63.5 Å². The predicted molar refractivity (Wildman–Crippen MR) is 341 cm³/mol. The number of β-lactam (4-membered cyclic amide) rings is 1. The number of pyridine rings is 2. The Labute approximate surface area is 535 Å². The van der Waals surface area contributed by atoms with E-state index < -0.39 is 47.4 Å². The number of thiazole rings is 1. The molecule has 1 fully saturated rings. The van der Waals surface area contributed by atoms with Crippen LogP contribution >= 0.6 is 34.9 Å². The summed E-state index contributed by atoms with van der Waals surface area (Å²) < 4.78 is 26.7. The van der Waals surface area contributed by atoms with Gasteiger partial charge in [0.15, 0.2) is 53.6 Å². The minimum atomic E-state index is -1.51. The standard InChI is InChI=1S/C69H58N8O11S3/c1-84-52-29-27-45(28-30-52)40-85-59-39-76(83)57(38-58(59)87-63(46-17-7-2-8-18-46)47-19-9-3-10-20-47)55-37-53(88-73-55)41-86-74-60(56-44-91-68(70-56)72-69(49-21-11-4-12-22-49,50-23-13-5-14-24-50)51-25-15-6-16-26-51)64(79)71-61-65(80)77-62(67(81)82)48(43-90-66(61)77)42-89-54-31-33-75(34-32-54)35-36-78/h2-34,37-39,44,61,63,66,78H,35-36,40-43H2,1H3,(H2-,70,71,72,79,81,82)/b74-60-/t61-,66-/m1/s1. The van der Waals surface area contributed by atoms with E-state index in [0.29, 0.717) is 27.7 Å². The molecule has 2 aliphatic rings. The minimum absolute atomic E-state index is 0.0162. The molecule has 2 amide bonds. The molecule has 0 aliphatic carbocycles. The second-order valence-electron chi connectivity index (χ2n) is 21.0. The predicted octanol–water partition coefficient (Wildman–Crippen LogP) is 8.99. The van der Waals surface area contributed by atoms with Gasteiger partial charge in [0.2, 0.25) is 17.6 Å².